The van der Waals surface area contributed by atoms with Crippen LogP contribution < -0.4 is 10.6 Å². The Balaban J connectivity index is 1.78. The van der Waals surface area contributed by atoms with Crippen molar-refractivity contribution in [3.8, 4) is 0 Å². The van der Waals surface area contributed by atoms with Crippen LogP contribution in [0.2, 0.25) is 0 Å². The van der Waals surface area contributed by atoms with Crippen LogP contribution in [0.4, 0.5) is 0 Å². The van der Waals surface area contributed by atoms with Crippen molar-refractivity contribution >= 4 is 23.7 Å². The zero-order valence-electron chi connectivity index (χ0n) is 17.8. The molecule has 2 saturated heterocycles. The van der Waals surface area contributed by atoms with Gasteiger partial charge in [0.05, 0.1) is 12.1 Å². The number of hydrogen-bond donors (Lipinski definition) is 3. The van der Waals surface area contributed by atoms with E-state index in [0.29, 0.717) is 38.8 Å². The molecule has 0 saturated carbocycles. The van der Waals surface area contributed by atoms with E-state index in [1.807, 2.05) is 37.3 Å². The molecule has 3 N–H and O–H groups in total. The number of nitrogens with one attached hydrogen (secondary N) is 2. The van der Waals surface area contributed by atoms with Gasteiger partial charge in [-0.2, -0.15) is 0 Å². The van der Waals surface area contributed by atoms with Gasteiger partial charge in [0.1, 0.15) is 0 Å². The van der Waals surface area contributed by atoms with Gasteiger partial charge >= 0.3 is 5.97 Å². The van der Waals surface area contributed by atoms with Crippen LogP contribution in [0.1, 0.15) is 44.6 Å². The summed E-state index contributed by atoms with van der Waals surface area (Å²) in [4.78, 5) is 50.3. The largest absolute Gasteiger partial charge is 0.480 e. The minimum Gasteiger partial charge on any atom is -0.480 e. The SMILES string of the molecule is CCNC(=O)[C@H](CCc1ccccc1)N[C@H]1CCC(=O)N2CCC[C@@H](C(=O)O)N2C1=O. The fourth-order valence-electron chi connectivity index (χ4n) is 4.20. The van der Waals surface area contributed by atoms with E-state index in [2.05, 4.69) is 10.6 Å². The first-order valence-corrected chi connectivity index (χ1v) is 10.9. The normalized spacial score (nSPS) is 22.5. The molecule has 0 radical (unpaired) electrons. The smallest absolute Gasteiger partial charge is 0.328 e. The van der Waals surface area contributed by atoms with Crippen molar-refractivity contribution in [1.82, 2.24) is 20.7 Å². The number of hydrogen-bond acceptors (Lipinski definition) is 5. The van der Waals surface area contributed by atoms with E-state index in [-0.39, 0.29) is 24.7 Å². The summed E-state index contributed by atoms with van der Waals surface area (Å²) in [6, 6.07) is 7.23. The van der Waals surface area contributed by atoms with Crippen LogP contribution in [0.25, 0.3) is 0 Å². The van der Waals surface area contributed by atoms with Crippen LogP contribution in [0.3, 0.4) is 0 Å². The number of rotatable bonds is 8. The van der Waals surface area contributed by atoms with Gasteiger partial charge in [-0.05, 0) is 44.6 Å². The third-order valence-corrected chi connectivity index (χ3v) is 5.78. The lowest BCUT2D eigenvalue weighted by atomic mass is 10.0. The van der Waals surface area contributed by atoms with Gasteiger partial charge in [-0.3, -0.25) is 24.7 Å². The third kappa shape index (κ3) is 5.41. The molecule has 3 rings (SSSR count). The number of benzene rings is 1. The number of nitrogens with zero attached hydrogens (tertiary/aromatic N) is 2. The van der Waals surface area contributed by atoms with Gasteiger partial charge in [0.2, 0.25) is 11.8 Å². The molecule has 2 fully saturated rings. The summed E-state index contributed by atoms with van der Waals surface area (Å²) < 4.78 is 0. The highest BCUT2D eigenvalue weighted by atomic mass is 16.4. The molecular weight excluding hydrogens is 400 g/mol. The second-order valence-electron chi connectivity index (χ2n) is 7.93. The van der Waals surface area contributed by atoms with E-state index >= 15 is 0 Å². The topological polar surface area (TPSA) is 119 Å². The highest BCUT2D eigenvalue weighted by Crippen LogP contribution is 2.25. The first-order valence-electron chi connectivity index (χ1n) is 10.9. The molecule has 0 aliphatic carbocycles. The lowest BCUT2D eigenvalue weighted by molar-refractivity contribution is -0.181. The molecule has 0 spiro atoms. The number of amides is 3. The molecule has 3 atom stereocenters. The van der Waals surface area contributed by atoms with Crippen LogP contribution in [-0.4, -0.2) is 70.0 Å². The summed E-state index contributed by atoms with van der Waals surface area (Å²) in [7, 11) is 0. The monoisotopic (exact) mass is 430 g/mol. The van der Waals surface area contributed by atoms with Crippen molar-refractivity contribution in [3.05, 3.63) is 35.9 Å². The molecule has 31 heavy (non-hydrogen) atoms. The minimum atomic E-state index is -1.13. The van der Waals surface area contributed by atoms with Gasteiger partial charge in [0, 0.05) is 19.5 Å². The average Bonchev–Trinajstić information content (AvgIpc) is 2.89. The second-order valence-corrected chi connectivity index (χ2v) is 7.93. The summed E-state index contributed by atoms with van der Waals surface area (Å²) in [6.45, 7) is 2.61. The van der Waals surface area contributed by atoms with Gasteiger partial charge in [0.25, 0.3) is 5.91 Å². The van der Waals surface area contributed by atoms with Gasteiger partial charge in [-0.25, -0.2) is 9.80 Å². The summed E-state index contributed by atoms with van der Waals surface area (Å²) in [5.74, 6) is -2.07. The quantitative estimate of drug-likeness (QED) is 0.559. The van der Waals surface area contributed by atoms with Crippen molar-refractivity contribution in [2.24, 2.45) is 0 Å². The molecule has 9 heteroatoms. The fraction of sp³-hybridized carbons (Fsp3) is 0.545. The summed E-state index contributed by atoms with van der Waals surface area (Å²) in [5, 5.41) is 17.9. The standard InChI is InChI=1S/C22H30N4O5/c1-2-23-20(28)16(11-10-15-7-4-3-5-8-15)24-17-12-13-19(27)25-14-6-9-18(22(30)31)26(25)21(17)29/h3-5,7-8,16-18,24H,2,6,9-14H2,1H3,(H,23,28)(H,30,31)/t16-,17-,18-/m0/s1. The molecule has 3 amide bonds. The predicted octanol–water partition coefficient (Wildman–Crippen LogP) is 0.695. The van der Waals surface area contributed by atoms with Crippen molar-refractivity contribution < 1.29 is 24.3 Å². The first-order chi connectivity index (χ1) is 14.9. The van der Waals surface area contributed by atoms with Crippen LogP contribution in [-0.2, 0) is 25.6 Å². The lowest BCUT2D eigenvalue weighted by Crippen LogP contribution is -2.63. The summed E-state index contributed by atoms with van der Waals surface area (Å²) in [5.41, 5.74) is 1.08. The number of carbonyl (C=O) groups excluding carboxylic acids is 3. The van der Waals surface area contributed by atoms with E-state index in [1.165, 1.54) is 5.01 Å². The maximum absolute atomic E-state index is 13.3. The zero-order chi connectivity index (χ0) is 22.4. The number of carboxylic acid groups (broad SMARTS) is 1. The summed E-state index contributed by atoms with van der Waals surface area (Å²) >= 11 is 0. The van der Waals surface area contributed by atoms with Gasteiger partial charge in [-0.15, -0.1) is 0 Å². The van der Waals surface area contributed by atoms with E-state index < -0.39 is 30.0 Å². The van der Waals surface area contributed by atoms with Crippen molar-refractivity contribution in [2.45, 2.75) is 63.6 Å². The molecule has 1 aromatic rings. The number of fused-ring (bicyclic) bond motifs is 1. The molecular formula is C22H30N4O5. The third-order valence-electron chi connectivity index (χ3n) is 5.78. The zero-order valence-corrected chi connectivity index (χ0v) is 17.8. The molecule has 0 aromatic heterocycles. The number of carboxylic acids is 1. The minimum absolute atomic E-state index is 0.118. The maximum Gasteiger partial charge on any atom is 0.328 e. The number of carbonyl (C=O) groups is 4. The number of hydrazine groups is 1. The second kappa shape index (κ2) is 10.4. The van der Waals surface area contributed by atoms with Crippen LogP contribution in [0.5, 0.6) is 0 Å². The molecule has 2 aliphatic rings. The van der Waals surface area contributed by atoms with E-state index in [0.717, 1.165) is 10.6 Å². The average molecular weight is 431 g/mol. The predicted molar refractivity (Wildman–Crippen MR) is 113 cm³/mol. The van der Waals surface area contributed by atoms with E-state index in [9.17, 15) is 24.3 Å². The van der Waals surface area contributed by atoms with E-state index in [1.54, 1.807) is 0 Å². The van der Waals surface area contributed by atoms with Gasteiger partial charge in [0.15, 0.2) is 6.04 Å². The lowest BCUT2D eigenvalue weighted by Gasteiger charge is -2.42. The highest BCUT2D eigenvalue weighted by Gasteiger charge is 2.44. The molecule has 2 heterocycles. The maximum atomic E-state index is 13.3. The van der Waals surface area contributed by atoms with Gasteiger partial charge in [-0.1, -0.05) is 30.3 Å². The van der Waals surface area contributed by atoms with Crippen molar-refractivity contribution in [3.63, 3.8) is 0 Å². The Hall–Kier alpha value is -2.94. The van der Waals surface area contributed by atoms with Crippen LogP contribution in [0.15, 0.2) is 30.3 Å². The molecule has 0 bridgehead atoms. The Bertz CT molecular complexity index is 815. The molecule has 0 unspecified atom stereocenters. The molecule has 9 nitrogen and oxygen atoms in total. The Morgan fingerprint density at radius 2 is 1.94 bits per heavy atom. The summed E-state index contributed by atoms with van der Waals surface area (Å²) in [6.07, 6.45) is 2.28. The molecule has 1 aromatic carbocycles. The number of aryl methyl sites for hydroxylation is 1. The highest BCUT2D eigenvalue weighted by molar-refractivity contribution is 5.92. The first kappa shape index (κ1) is 22.7. The van der Waals surface area contributed by atoms with Crippen LogP contribution in [0, 0.1) is 0 Å². The van der Waals surface area contributed by atoms with Crippen molar-refractivity contribution in [2.75, 3.05) is 13.1 Å². The number of likely N-dealkylation sites (N-methyl/N-ethyl adjacent to an activating group) is 1. The van der Waals surface area contributed by atoms with Crippen molar-refractivity contribution in [1.29, 1.82) is 0 Å². The Morgan fingerprint density at radius 3 is 2.61 bits per heavy atom. The Kier molecular flexibility index (Phi) is 7.62. The molecule has 2 aliphatic heterocycles. The van der Waals surface area contributed by atoms with Gasteiger partial charge < -0.3 is 10.4 Å². The fourth-order valence-corrected chi connectivity index (χ4v) is 4.20. The van der Waals surface area contributed by atoms with E-state index in [4.69, 9.17) is 0 Å². The Labute approximate surface area is 181 Å². The number of aliphatic carboxylic acids is 1. The van der Waals surface area contributed by atoms with Crippen LogP contribution >= 0.6 is 0 Å². The molecule has 168 valence electrons. The Morgan fingerprint density at radius 1 is 1.19 bits per heavy atom.